The van der Waals surface area contributed by atoms with E-state index in [9.17, 15) is 4.79 Å². The maximum absolute atomic E-state index is 12.6. The van der Waals surface area contributed by atoms with Crippen LogP contribution in [0.1, 0.15) is 37.7 Å². The lowest BCUT2D eigenvalue weighted by atomic mass is 10.0. The lowest BCUT2D eigenvalue weighted by molar-refractivity contribution is -0.132. The highest BCUT2D eigenvalue weighted by atomic mass is 16.2. The Balaban J connectivity index is 1.58. The molecule has 2 aliphatic rings. The van der Waals surface area contributed by atoms with Gasteiger partial charge >= 0.3 is 0 Å². The number of pyridine rings is 1. The Labute approximate surface area is 127 Å². The lowest BCUT2D eigenvalue weighted by Crippen LogP contribution is -2.47. The Hall–Kier alpha value is -1.42. The van der Waals surface area contributed by atoms with E-state index in [-0.39, 0.29) is 0 Å². The number of carbonyl (C=O) groups is 1. The summed E-state index contributed by atoms with van der Waals surface area (Å²) in [6.45, 7) is 2.13. The number of rotatable bonds is 4. The van der Waals surface area contributed by atoms with Crippen LogP contribution in [0.4, 0.5) is 0 Å². The first-order chi connectivity index (χ1) is 10.3. The van der Waals surface area contributed by atoms with E-state index < -0.39 is 0 Å². The van der Waals surface area contributed by atoms with Crippen LogP contribution in [0.3, 0.4) is 0 Å². The minimum atomic E-state index is 0.328. The molecule has 2 aliphatic heterocycles. The summed E-state index contributed by atoms with van der Waals surface area (Å²) in [4.78, 5) is 21.2. The molecule has 1 aromatic rings. The smallest absolute Gasteiger partial charge is 0.223 e. The number of carbonyl (C=O) groups excluding carboxylic acids is 1. The number of amides is 1. The largest absolute Gasteiger partial charge is 0.338 e. The Morgan fingerprint density at radius 2 is 1.90 bits per heavy atom. The van der Waals surface area contributed by atoms with Crippen LogP contribution in [0.5, 0.6) is 0 Å². The molecular formula is C17H25N3O. The van der Waals surface area contributed by atoms with Crippen LogP contribution in [0.15, 0.2) is 24.5 Å². The van der Waals surface area contributed by atoms with Crippen LogP contribution >= 0.6 is 0 Å². The first kappa shape index (κ1) is 14.5. The molecule has 2 atom stereocenters. The zero-order valence-corrected chi connectivity index (χ0v) is 12.9. The predicted octanol–water partition coefficient (Wildman–Crippen LogP) is 2.10. The van der Waals surface area contributed by atoms with Gasteiger partial charge in [-0.25, -0.2) is 0 Å². The average Bonchev–Trinajstić information content (AvgIpc) is 3.14. The van der Waals surface area contributed by atoms with Gasteiger partial charge in [0.2, 0.25) is 5.91 Å². The second-order valence-corrected chi connectivity index (χ2v) is 6.34. The molecule has 1 amide bonds. The van der Waals surface area contributed by atoms with Gasteiger partial charge in [0.1, 0.15) is 0 Å². The molecule has 0 unspecified atom stereocenters. The Morgan fingerprint density at radius 3 is 2.62 bits per heavy atom. The molecule has 3 heterocycles. The summed E-state index contributed by atoms with van der Waals surface area (Å²) in [5.41, 5.74) is 1.20. The molecule has 114 valence electrons. The number of hydrogen-bond acceptors (Lipinski definition) is 3. The Bertz CT molecular complexity index is 476. The van der Waals surface area contributed by atoms with Crippen molar-refractivity contribution in [3.05, 3.63) is 30.1 Å². The lowest BCUT2D eigenvalue weighted by Gasteiger charge is -2.33. The van der Waals surface area contributed by atoms with E-state index in [1.54, 1.807) is 12.4 Å². The van der Waals surface area contributed by atoms with E-state index in [1.165, 1.54) is 31.4 Å². The molecule has 0 N–H and O–H groups in total. The molecule has 0 aromatic carbocycles. The van der Waals surface area contributed by atoms with Gasteiger partial charge in [0.25, 0.3) is 0 Å². The monoisotopic (exact) mass is 287 g/mol. The summed E-state index contributed by atoms with van der Waals surface area (Å²) in [5, 5.41) is 0. The molecule has 0 spiro atoms. The van der Waals surface area contributed by atoms with Gasteiger partial charge < -0.3 is 9.80 Å². The van der Waals surface area contributed by atoms with Gasteiger partial charge in [-0.1, -0.05) is 0 Å². The molecule has 2 fully saturated rings. The van der Waals surface area contributed by atoms with Crippen LogP contribution in [0.25, 0.3) is 0 Å². The van der Waals surface area contributed by atoms with Gasteiger partial charge in [-0.05, 0) is 63.4 Å². The maximum Gasteiger partial charge on any atom is 0.223 e. The number of likely N-dealkylation sites (N-methyl/N-ethyl adjacent to an activating group) is 1. The molecule has 0 bridgehead atoms. The highest BCUT2D eigenvalue weighted by molar-refractivity contribution is 5.77. The van der Waals surface area contributed by atoms with Crippen molar-refractivity contribution in [2.24, 2.45) is 0 Å². The zero-order chi connectivity index (χ0) is 14.7. The van der Waals surface area contributed by atoms with Crippen molar-refractivity contribution in [2.45, 2.75) is 50.6 Å². The Morgan fingerprint density at radius 1 is 1.19 bits per heavy atom. The van der Waals surface area contributed by atoms with Crippen molar-refractivity contribution in [1.29, 1.82) is 0 Å². The molecule has 0 radical (unpaired) electrons. The molecule has 21 heavy (non-hydrogen) atoms. The summed E-state index contributed by atoms with van der Waals surface area (Å²) < 4.78 is 0. The fraction of sp³-hybridized carbons (Fsp3) is 0.647. The number of hydrogen-bond donors (Lipinski definition) is 0. The quantitative estimate of drug-likeness (QED) is 0.851. The molecule has 2 saturated heterocycles. The SMILES string of the molecule is CN1CCC[C@@H]1[C@H]1CCCN1C(=O)CCc1ccncc1. The Kier molecular flexibility index (Phi) is 4.54. The average molecular weight is 287 g/mol. The second-order valence-electron chi connectivity index (χ2n) is 6.34. The second kappa shape index (κ2) is 6.56. The van der Waals surface area contributed by atoms with Gasteiger partial charge in [0.15, 0.2) is 0 Å². The number of likely N-dealkylation sites (tertiary alicyclic amines) is 2. The van der Waals surface area contributed by atoms with Gasteiger partial charge in [0.05, 0.1) is 0 Å². The third-order valence-electron chi connectivity index (χ3n) is 5.02. The normalized spacial score (nSPS) is 26.4. The maximum atomic E-state index is 12.6. The van der Waals surface area contributed by atoms with Crippen molar-refractivity contribution < 1.29 is 4.79 Å². The van der Waals surface area contributed by atoms with Gasteiger partial charge in [-0.15, -0.1) is 0 Å². The summed E-state index contributed by atoms with van der Waals surface area (Å²) >= 11 is 0. The highest BCUT2D eigenvalue weighted by Gasteiger charge is 2.37. The zero-order valence-electron chi connectivity index (χ0n) is 12.9. The minimum Gasteiger partial charge on any atom is -0.338 e. The van der Waals surface area contributed by atoms with Crippen LogP contribution in [0.2, 0.25) is 0 Å². The fourth-order valence-corrected chi connectivity index (χ4v) is 3.87. The fourth-order valence-electron chi connectivity index (χ4n) is 3.87. The predicted molar refractivity (Wildman–Crippen MR) is 82.9 cm³/mol. The van der Waals surface area contributed by atoms with E-state index in [4.69, 9.17) is 0 Å². The topological polar surface area (TPSA) is 36.4 Å². The minimum absolute atomic E-state index is 0.328. The number of nitrogens with zero attached hydrogens (tertiary/aromatic N) is 3. The van der Waals surface area contributed by atoms with Crippen LogP contribution in [-0.2, 0) is 11.2 Å². The van der Waals surface area contributed by atoms with E-state index in [1.807, 2.05) is 12.1 Å². The van der Waals surface area contributed by atoms with Crippen molar-refractivity contribution in [3.8, 4) is 0 Å². The standard InChI is InChI=1S/C17H25N3O/c1-19-12-2-4-15(19)16-5-3-13-20(16)17(21)7-6-14-8-10-18-11-9-14/h8-11,15-16H,2-7,12-13H2,1H3/t15-,16-/m1/s1. The van der Waals surface area contributed by atoms with Crippen molar-refractivity contribution >= 4 is 5.91 Å². The van der Waals surface area contributed by atoms with Crippen LogP contribution in [-0.4, -0.2) is 52.9 Å². The van der Waals surface area contributed by atoms with E-state index in [0.717, 1.165) is 19.4 Å². The molecule has 4 heteroatoms. The molecule has 3 rings (SSSR count). The summed E-state index contributed by atoms with van der Waals surface area (Å²) in [6, 6.07) is 5.03. The third-order valence-corrected chi connectivity index (χ3v) is 5.02. The van der Waals surface area contributed by atoms with Crippen molar-refractivity contribution in [2.75, 3.05) is 20.1 Å². The van der Waals surface area contributed by atoms with E-state index >= 15 is 0 Å². The molecular weight excluding hydrogens is 262 g/mol. The molecule has 1 aromatic heterocycles. The van der Waals surface area contributed by atoms with Crippen LogP contribution < -0.4 is 0 Å². The third kappa shape index (κ3) is 3.26. The molecule has 0 aliphatic carbocycles. The van der Waals surface area contributed by atoms with Crippen molar-refractivity contribution in [3.63, 3.8) is 0 Å². The van der Waals surface area contributed by atoms with Crippen molar-refractivity contribution in [1.82, 2.24) is 14.8 Å². The van der Waals surface area contributed by atoms with E-state index in [0.29, 0.717) is 24.4 Å². The highest BCUT2D eigenvalue weighted by Crippen LogP contribution is 2.29. The summed E-state index contributed by atoms with van der Waals surface area (Å²) in [7, 11) is 2.20. The molecule has 4 nitrogen and oxygen atoms in total. The summed E-state index contributed by atoms with van der Waals surface area (Å²) in [6.07, 6.45) is 9.90. The molecule has 0 saturated carbocycles. The summed E-state index contributed by atoms with van der Waals surface area (Å²) in [5.74, 6) is 0.328. The van der Waals surface area contributed by atoms with Gasteiger partial charge in [-0.3, -0.25) is 9.78 Å². The van der Waals surface area contributed by atoms with E-state index in [2.05, 4.69) is 21.8 Å². The first-order valence-electron chi connectivity index (χ1n) is 8.14. The first-order valence-corrected chi connectivity index (χ1v) is 8.14. The van der Waals surface area contributed by atoms with Crippen LogP contribution in [0, 0.1) is 0 Å². The van der Waals surface area contributed by atoms with Gasteiger partial charge in [-0.2, -0.15) is 0 Å². The van der Waals surface area contributed by atoms with Gasteiger partial charge in [0, 0.05) is 37.4 Å². The number of aromatic nitrogens is 1. The number of aryl methyl sites for hydroxylation is 1.